The third kappa shape index (κ3) is 2.69. The Morgan fingerprint density at radius 3 is 2.79 bits per heavy atom. The van der Waals surface area contributed by atoms with E-state index in [-0.39, 0.29) is 0 Å². The van der Waals surface area contributed by atoms with Crippen LogP contribution in [0.15, 0.2) is 0 Å². The lowest BCUT2D eigenvalue weighted by Gasteiger charge is -2.16. The van der Waals surface area contributed by atoms with E-state index in [1.54, 1.807) is 0 Å². The van der Waals surface area contributed by atoms with E-state index in [9.17, 15) is 0 Å². The van der Waals surface area contributed by atoms with Crippen molar-refractivity contribution in [3.05, 3.63) is 0 Å². The molecular formula is C11H23N3. The Labute approximate surface area is 87.0 Å². The Kier molecular flexibility index (Phi) is 3.42. The lowest BCUT2D eigenvalue weighted by Crippen LogP contribution is -2.35. The maximum absolute atomic E-state index is 5.89. The Balaban J connectivity index is 1.63. The van der Waals surface area contributed by atoms with Crippen LogP contribution in [-0.4, -0.2) is 43.7 Å². The molecule has 0 bridgehead atoms. The van der Waals surface area contributed by atoms with Gasteiger partial charge in [0.1, 0.15) is 0 Å². The molecule has 1 heterocycles. The van der Waals surface area contributed by atoms with Crippen LogP contribution in [0.2, 0.25) is 0 Å². The predicted molar refractivity (Wildman–Crippen MR) is 59.2 cm³/mol. The second kappa shape index (κ2) is 4.60. The van der Waals surface area contributed by atoms with Crippen molar-refractivity contribution in [2.24, 2.45) is 11.7 Å². The number of nitrogens with one attached hydrogen (secondary N) is 1. The Morgan fingerprint density at radius 2 is 2.21 bits per heavy atom. The number of likely N-dealkylation sites (tertiary alicyclic amines) is 1. The van der Waals surface area contributed by atoms with Crippen LogP contribution in [0.1, 0.15) is 25.7 Å². The minimum absolute atomic E-state index is 0.480. The van der Waals surface area contributed by atoms with E-state index in [4.69, 9.17) is 5.73 Å². The lowest BCUT2D eigenvalue weighted by molar-refractivity contribution is 0.384. The summed E-state index contributed by atoms with van der Waals surface area (Å²) in [5, 5.41) is 3.68. The van der Waals surface area contributed by atoms with E-state index in [1.807, 2.05) is 0 Å². The molecule has 1 saturated carbocycles. The summed E-state index contributed by atoms with van der Waals surface area (Å²) in [6.07, 6.45) is 5.11. The first-order valence-corrected chi connectivity index (χ1v) is 5.91. The van der Waals surface area contributed by atoms with Crippen molar-refractivity contribution in [1.29, 1.82) is 0 Å². The molecule has 0 aromatic heterocycles. The zero-order valence-corrected chi connectivity index (χ0v) is 9.21. The number of hydrogen-bond donors (Lipinski definition) is 2. The molecule has 0 radical (unpaired) electrons. The topological polar surface area (TPSA) is 41.3 Å². The van der Waals surface area contributed by atoms with E-state index in [2.05, 4.69) is 17.3 Å². The number of rotatable bonds is 3. The van der Waals surface area contributed by atoms with Crippen molar-refractivity contribution in [2.45, 2.75) is 37.8 Å². The molecule has 2 aliphatic rings. The van der Waals surface area contributed by atoms with Crippen LogP contribution in [0.25, 0.3) is 0 Å². The highest BCUT2D eigenvalue weighted by Crippen LogP contribution is 2.23. The molecular weight excluding hydrogens is 174 g/mol. The zero-order valence-electron chi connectivity index (χ0n) is 9.21. The number of hydrogen-bond acceptors (Lipinski definition) is 3. The van der Waals surface area contributed by atoms with Gasteiger partial charge in [-0.05, 0) is 51.7 Å². The summed E-state index contributed by atoms with van der Waals surface area (Å²) in [7, 11) is 2.20. The molecule has 0 spiro atoms. The van der Waals surface area contributed by atoms with E-state index >= 15 is 0 Å². The normalized spacial score (nSPS) is 39.4. The molecule has 14 heavy (non-hydrogen) atoms. The van der Waals surface area contributed by atoms with E-state index in [1.165, 1.54) is 45.3 Å². The molecule has 1 saturated heterocycles. The summed E-state index contributed by atoms with van der Waals surface area (Å²) in [4.78, 5) is 2.40. The van der Waals surface area contributed by atoms with Crippen LogP contribution in [0.4, 0.5) is 0 Å². The molecule has 3 atom stereocenters. The SMILES string of the molecule is CN1CCC(NCC2CCC(N)C2)C1. The number of nitrogens with two attached hydrogens (primary N) is 1. The summed E-state index contributed by atoms with van der Waals surface area (Å²) in [5.74, 6) is 0.843. The summed E-state index contributed by atoms with van der Waals surface area (Å²) in [6.45, 7) is 3.66. The van der Waals surface area contributed by atoms with Gasteiger partial charge in [0, 0.05) is 18.6 Å². The molecule has 2 rings (SSSR count). The maximum Gasteiger partial charge on any atom is 0.0207 e. The molecule has 2 fully saturated rings. The van der Waals surface area contributed by atoms with Crippen LogP contribution in [0.3, 0.4) is 0 Å². The van der Waals surface area contributed by atoms with Crippen LogP contribution in [-0.2, 0) is 0 Å². The van der Waals surface area contributed by atoms with Gasteiger partial charge in [0.25, 0.3) is 0 Å². The molecule has 3 N–H and O–H groups in total. The third-order valence-corrected chi connectivity index (χ3v) is 3.67. The lowest BCUT2D eigenvalue weighted by atomic mass is 10.1. The number of nitrogens with zero attached hydrogens (tertiary/aromatic N) is 1. The first-order valence-electron chi connectivity index (χ1n) is 5.91. The van der Waals surface area contributed by atoms with E-state index in [0.717, 1.165) is 12.0 Å². The fourth-order valence-electron chi connectivity index (χ4n) is 2.73. The van der Waals surface area contributed by atoms with Crippen LogP contribution in [0.5, 0.6) is 0 Å². The fraction of sp³-hybridized carbons (Fsp3) is 1.00. The van der Waals surface area contributed by atoms with Crippen molar-refractivity contribution in [1.82, 2.24) is 10.2 Å². The monoisotopic (exact) mass is 197 g/mol. The van der Waals surface area contributed by atoms with Gasteiger partial charge in [-0.25, -0.2) is 0 Å². The molecule has 3 nitrogen and oxygen atoms in total. The molecule has 3 unspecified atom stereocenters. The van der Waals surface area contributed by atoms with Crippen LogP contribution >= 0.6 is 0 Å². The van der Waals surface area contributed by atoms with Gasteiger partial charge in [-0.15, -0.1) is 0 Å². The van der Waals surface area contributed by atoms with Crippen LogP contribution < -0.4 is 11.1 Å². The van der Waals surface area contributed by atoms with Gasteiger partial charge in [0.2, 0.25) is 0 Å². The summed E-state index contributed by atoms with van der Waals surface area (Å²) < 4.78 is 0. The average Bonchev–Trinajstić information content (AvgIpc) is 2.72. The first-order chi connectivity index (χ1) is 6.74. The first kappa shape index (κ1) is 10.4. The highest BCUT2D eigenvalue weighted by Gasteiger charge is 2.24. The molecule has 0 aromatic carbocycles. The highest BCUT2D eigenvalue weighted by molar-refractivity contribution is 4.83. The van der Waals surface area contributed by atoms with Gasteiger partial charge < -0.3 is 16.0 Å². The molecule has 1 aliphatic heterocycles. The molecule has 1 aliphatic carbocycles. The van der Waals surface area contributed by atoms with Crippen molar-refractivity contribution < 1.29 is 0 Å². The van der Waals surface area contributed by atoms with Gasteiger partial charge in [-0.1, -0.05) is 0 Å². The second-order valence-electron chi connectivity index (χ2n) is 5.10. The van der Waals surface area contributed by atoms with Crippen molar-refractivity contribution in [2.75, 3.05) is 26.7 Å². The van der Waals surface area contributed by atoms with Crippen LogP contribution in [0, 0.1) is 5.92 Å². The summed E-state index contributed by atoms with van der Waals surface area (Å²) in [6, 6.07) is 1.21. The third-order valence-electron chi connectivity index (χ3n) is 3.67. The Morgan fingerprint density at radius 1 is 1.36 bits per heavy atom. The van der Waals surface area contributed by atoms with Crippen molar-refractivity contribution in [3.8, 4) is 0 Å². The van der Waals surface area contributed by atoms with Gasteiger partial charge in [0.15, 0.2) is 0 Å². The Bertz CT molecular complexity index is 163. The number of likely N-dealkylation sites (N-methyl/N-ethyl adjacent to an activating group) is 1. The maximum atomic E-state index is 5.89. The molecule has 82 valence electrons. The van der Waals surface area contributed by atoms with Crippen molar-refractivity contribution in [3.63, 3.8) is 0 Å². The van der Waals surface area contributed by atoms with Gasteiger partial charge in [0.05, 0.1) is 0 Å². The van der Waals surface area contributed by atoms with Gasteiger partial charge >= 0.3 is 0 Å². The van der Waals surface area contributed by atoms with Gasteiger partial charge in [-0.3, -0.25) is 0 Å². The minimum Gasteiger partial charge on any atom is -0.328 e. The minimum atomic E-state index is 0.480. The second-order valence-corrected chi connectivity index (χ2v) is 5.10. The highest BCUT2D eigenvalue weighted by atomic mass is 15.2. The largest absolute Gasteiger partial charge is 0.328 e. The smallest absolute Gasteiger partial charge is 0.0207 e. The fourth-order valence-corrected chi connectivity index (χ4v) is 2.73. The molecule has 0 amide bonds. The molecule has 0 aromatic rings. The van der Waals surface area contributed by atoms with Gasteiger partial charge in [-0.2, -0.15) is 0 Å². The quantitative estimate of drug-likeness (QED) is 0.688. The Hall–Kier alpha value is -0.120. The van der Waals surface area contributed by atoms with E-state index < -0.39 is 0 Å². The summed E-state index contributed by atoms with van der Waals surface area (Å²) >= 11 is 0. The zero-order chi connectivity index (χ0) is 9.97. The average molecular weight is 197 g/mol. The van der Waals surface area contributed by atoms with Crippen molar-refractivity contribution >= 4 is 0 Å². The summed E-state index contributed by atoms with van der Waals surface area (Å²) in [5.41, 5.74) is 5.89. The standard InChI is InChI=1S/C11H23N3/c1-14-5-4-11(8-14)13-7-9-2-3-10(12)6-9/h9-11,13H,2-8,12H2,1H3. The molecule has 3 heteroatoms. The predicted octanol–water partition coefficient (Wildman–Crippen LogP) is 0.408. The van der Waals surface area contributed by atoms with E-state index in [0.29, 0.717) is 6.04 Å².